The van der Waals surface area contributed by atoms with Crippen molar-refractivity contribution >= 4 is 5.78 Å². The Morgan fingerprint density at radius 1 is 1.60 bits per heavy atom. The van der Waals surface area contributed by atoms with E-state index in [-0.39, 0.29) is 18.5 Å². The molecule has 0 aromatic rings. The fraction of sp³-hybridized carbons (Fsp3) is 0.857. The number of carbonyl (C=O) groups is 1. The Hall–Kier alpha value is -0.410. The van der Waals surface area contributed by atoms with Gasteiger partial charge in [-0.1, -0.05) is 6.92 Å². The molecule has 3 heteroatoms. The number of ether oxygens (including phenoxy) is 2. The minimum absolute atomic E-state index is 0.0184. The minimum Gasteiger partial charge on any atom is -0.359 e. The molecular weight excluding hydrogens is 132 g/mol. The van der Waals surface area contributed by atoms with Gasteiger partial charge in [-0.25, -0.2) is 0 Å². The highest BCUT2D eigenvalue weighted by molar-refractivity contribution is 5.77. The summed E-state index contributed by atoms with van der Waals surface area (Å²) in [4.78, 5) is 10.6. The molecule has 0 aromatic carbocycles. The highest BCUT2D eigenvalue weighted by Gasteiger charge is 2.05. The van der Waals surface area contributed by atoms with Gasteiger partial charge in [0.15, 0.2) is 0 Å². The zero-order valence-corrected chi connectivity index (χ0v) is 6.72. The molecule has 0 spiro atoms. The lowest BCUT2D eigenvalue weighted by atomic mass is 10.1. The molecule has 0 N–H and O–H groups in total. The summed E-state index contributed by atoms with van der Waals surface area (Å²) in [6.07, 6.45) is 0. The van der Waals surface area contributed by atoms with E-state index in [0.29, 0.717) is 6.61 Å². The maximum Gasteiger partial charge on any atom is 0.146 e. The summed E-state index contributed by atoms with van der Waals surface area (Å²) in [6, 6.07) is 0. The highest BCUT2D eigenvalue weighted by Crippen LogP contribution is 1.96. The third-order valence-corrected chi connectivity index (χ3v) is 1.26. The number of rotatable bonds is 5. The third kappa shape index (κ3) is 4.47. The maximum atomic E-state index is 10.6. The van der Waals surface area contributed by atoms with Crippen LogP contribution in [0.3, 0.4) is 0 Å². The van der Waals surface area contributed by atoms with E-state index < -0.39 is 0 Å². The van der Waals surface area contributed by atoms with E-state index in [1.807, 2.05) is 6.92 Å². The first-order valence-electron chi connectivity index (χ1n) is 3.25. The molecule has 1 unspecified atom stereocenters. The number of ketones is 1. The predicted molar refractivity (Wildman–Crippen MR) is 37.7 cm³/mol. The number of Topliss-reactive ketones (excluding diaryl/α,β-unsaturated/α-hetero) is 1. The fourth-order valence-electron chi connectivity index (χ4n) is 0.426. The van der Waals surface area contributed by atoms with Gasteiger partial charge in [0.1, 0.15) is 12.6 Å². The molecule has 0 radical (unpaired) electrons. The lowest BCUT2D eigenvalue weighted by Gasteiger charge is -2.06. The number of carbonyl (C=O) groups excluding carboxylic acids is 1. The van der Waals surface area contributed by atoms with Crippen molar-refractivity contribution in [2.75, 3.05) is 20.5 Å². The van der Waals surface area contributed by atoms with Crippen LogP contribution < -0.4 is 0 Å². The van der Waals surface area contributed by atoms with E-state index >= 15 is 0 Å². The van der Waals surface area contributed by atoms with E-state index in [9.17, 15) is 4.79 Å². The molecule has 0 aromatic heterocycles. The van der Waals surface area contributed by atoms with Gasteiger partial charge >= 0.3 is 0 Å². The normalized spacial score (nSPS) is 13.1. The molecule has 0 aliphatic heterocycles. The summed E-state index contributed by atoms with van der Waals surface area (Å²) >= 11 is 0. The van der Waals surface area contributed by atoms with E-state index in [2.05, 4.69) is 4.74 Å². The molecule has 10 heavy (non-hydrogen) atoms. The topological polar surface area (TPSA) is 35.5 Å². The average Bonchev–Trinajstić information content (AvgIpc) is 1.88. The van der Waals surface area contributed by atoms with Crippen LogP contribution in [-0.4, -0.2) is 26.3 Å². The minimum atomic E-state index is -0.0184. The standard InChI is InChI=1S/C7H14O3/c1-6(7(2)8)4-10-5-9-3/h6H,4-5H2,1-3H3. The summed E-state index contributed by atoms with van der Waals surface area (Å²) in [5.41, 5.74) is 0. The van der Waals surface area contributed by atoms with Crippen molar-refractivity contribution < 1.29 is 14.3 Å². The van der Waals surface area contributed by atoms with Crippen LogP contribution >= 0.6 is 0 Å². The van der Waals surface area contributed by atoms with Gasteiger partial charge in [0.25, 0.3) is 0 Å². The van der Waals surface area contributed by atoms with Gasteiger partial charge in [0, 0.05) is 13.0 Å². The monoisotopic (exact) mass is 146 g/mol. The largest absolute Gasteiger partial charge is 0.359 e. The molecule has 0 saturated carbocycles. The van der Waals surface area contributed by atoms with Crippen LogP contribution in [0.1, 0.15) is 13.8 Å². The highest BCUT2D eigenvalue weighted by atomic mass is 16.7. The summed E-state index contributed by atoms with van der Waals surface area (Å²) in [5.74, 6) is 0.131. The van der Waals surface area contributed by atoms with Gasteiger partial charge in [0.2, 0.25) is 0 Å². The molecule has 0 amide bonds. The number of hydrogen-bond donors (Lipinski definition) is 0. The van der Waals surface area contributed by atoms with Gasteiger partial charge in [-0.05, 0) is 6.92 Å². The van der Waals surface area contributed by atoms with Gasteiger partial charge in [0.05, 0.1) is 6.61 Å². The molecule has 0 aliphatic rings. The van der Waals surface area contributed by atoms with E-state index in [1.54, 1.807) is 14.0 Å². The second-order valence-corrected chi connectivity index (χ2v) is 2.29. The summed E-state index contributed by atoms with van der Waals surface area (Å²) in [5, 5.41) is 0. The maximum absolute atomic E-state index is 10.6. The van der Waals surface area contributed by atoms with Crippen molar-refractivity contribution in [1.29, 1.82) is 0 Å². The SMILES string of the molecule is COCOCC(C)C(C)=O. The Bertz CT molecular complexity index is 101. The number of methoxy groups -OCH3 is 1. The van der Waals surface area contributed by atoms with Gasteiger partial charge in [-0.3, -0.25) is 4.79 Å². The Morgan fingerprint density at radius 3 is 2.60 bits per heavy atom. The van der Waals surface area contributed by atoms with E-state index in [1.165, 1.54) is 0 Å². The first kappa shape index (κ1) is 9.59. The molecule has 0 fully saturated rings. The van der Waals surface area contributed by atoms with Crippen LogP contribution in [0, 0.1) is 5.92 Å². The summed E-state index contributed by atoms with van der Waals surface area (Å²) in [7, 11) is 1.55. The zero-order chi connectivity index (χ0) is 7.98. The van der Waals surface area contributed by atoms with Gasteiger partial charge in [-0.15, -0.1) is 0 Å². The Labute approximate surface area is 61.3 Å². The molecular formula is C7H14O3. The van der Waals surface area contributed by atoms with Crippen LogP contribution in [0.5, 0.6) is 0 Å². The lowest BCUT2D eigenvalue weighted by molar-refractivity contribution is -0.124. The van der Waals surface area contributed by atoms with Crippen molar-refractivity contribution in [2.24, 2.45) is 5.92 Å². The number of hydrogen-bond acceptors (Lipinski definition) is 3. The van der Waals surface area contributed by atoms with Crippen LogP contribution in [0.25, 0.3) is 0 Å². The lowest BCUT2D eigenvalue weighted by Crippen LogP contribution is -2.14. The van der Waals surface area contributed by atoms with Crippen molar-refractivity contribution in [2.45, 2.75) is 13.8 Å². The van der Waals surface area contributed by atoms with Gasteiger partial charge < -0.3 is 9.47 Å². The molecule has 0 rings (SSSR count). The summed E-state index contributed by atoms with van der Waals surface area (Å²) in [6.45, 7) is 4.10. The first-order chi connectivity index (χ1) is 4.68. The fourth-order valence-corrected chi connectivity index (χ4v) is 0.426. The molecule has 0 bridgehead atoms. The van der Waals surface area contributed by atoms with Crippen molar-refractivity contribution in [3.05, 3.63) is 0 Å². The van der Waals surface area contributed by atoms with Crippen LogP contribution in [0.2, 0.25) is 0 Å². The second-order valence-electron chi connectivity index (χ2n) is 2.29. The first-order valence-corrected chi connectivity index (χ1v) is 3.25. The molecule has 60 valence electrons. The van der Waals surface area contributed by atoms with Crippen molar-refractivity contribution in [1.82, 2.24) is 0 Å². The van der Waals surface area contributed by atoms with Crippen molar-refractivity contribution in [3.8, 4) is 0 Å². The molecule has 0 aliphatic carbocycles. The Balaban J connectivity index is 3.21. The zero-order valence-electron chi connectivity index (χ0n) is 6.72. The van der Waals surface area contributed by atoms with Crippen LogP contribution in [-0.2, 0) is 14.3 Å². The summed E-state index contributed by atoms with van der Waals surface area (Å²) < 4.78 is 9.60. The molecule has 3 nitrogen and oxygen atoms in total. The van der Waals surface area contributed by atoms with E-state index in [0.717, 1.165) is 0 Å². The molecule has 0 heterocycles. The smallest absolute Gasteiger partial charge is 0.146 e. The second kappa shape index (κ2) is 5.38. The Morgan fingerprint density at radius 2 is 2.20 bits per heavy atom. The van der Waals surface area contributed by atoms with Crippen LogP contribution in [0.4, 0.5) is 0 Å². The molecule has 1 atom stereocenters. The van der Waals surface area contributed by atoms with Gasteiger partial charge in [-0.2, -0.15) is 0 Å². The molecule has 0 saturated heterocycles. The quantitative estimate of drug-likeness (QED) is 0.425. The Kier molecular flexibility index (Phi) is 5.16. The van der Waals surface area contributed by atoms with Crippen molar-refractivity contribution in [3.63, 3.8) is 0 Å². The third-order valence-electron chi connectivity index (χ3n) is 1.26. The van der Waals surface area contributed by atoms with Crippen LogP contribution in [0.15, 0.2) is 0 Å². The predicted octanol–water partition coefficient (Wildman–Crippen LogP) is 0.832. The average molecular weight is 146 g/mol. The van der Waals surface area contributed by atoms with E-state index in [4.69, 9.17) is 4.74 Å².